The molecule has 0 saturated carbocycles. The van der Waals surface area contributed by atoms with Gasteiger partial charge in [-0.15, -0.1) is 0 Å². The minimum absolute atomic E-state index is 0.763. The van der Waals surface area contributed by atoms with E-state index in [2.05, 4.69) is 17.1 Å². The minimum Gasteiger partial charge on any atom is -0.282 e. The van der Waals surface area contributed by atoms with Gasteiger partial charge in [-0.3, -0.25) is 10.7 Å². The highest BCUT2D eigenvalue weighted by molar-refractivity contribution is 8.12. The molecule has 0 radical (unpaired) electrons. The summed E-state index contributed by atoms with van der Waals surface area (Å²) in [5.74, 6) is 0. The van der Waals surface area contributed by atoms with Crippen molar-refractivity contribution >= 4 is 16.9 Å². The Morgan fingerprint density at radius 2 is 2.08 bits per heavy atom. The highest BCUT2D eigenvalue weighted by atomic mass is 32.2. The van der Waals surface area contributed by atoms with Crippen LogP contribution in [-0.2, 0) is 6.54 Å². The fourth-order valence-electron chi connectivity index (χ4n) is 0.857. The highest BCUT2D eigenvalue weighted by Crippen LogP contribution is 1.94. The third kappa shape index (κ3) is 2.96. The Morgan fingerprint density at radius 3 is 2.67 bits per heavy atom. The summed E-state index contributed by atoms with van der Waals surface area (Å²) in [6, 6.07) is 10.2. The number of hydrogen-bond acceptors (Lipinski definition) is 1. The van der Waals surface area contributed by atoms with Gasteiger partial charge in [-0.05, 0) is 23.6 Å². The summed E-state index contributed by atoms with van der Waals surface area (Å²) in [5, 5.41) is 0.763. The summed E-state index contributed by atoms with van der Waals surface area (Å²) >= 11 is 1.53. The molecule has 0 aliphatic carbocycles. The third-order valence-electron chi connectivity index (χ3n) is 1.53. The molecule has 0 aliphatic rings. The van der Waals surface area contributed by atoms with Crippen molar-refractivity contribution in [2.24, 2.45) is 5.73 Å². The lowest BCUT2D eigenvalue weighted by Crippen LogP contribution is -2.72. The predicted molar refractivity (Wildman–Crippen MR) is 53.8 cm³/mol. The van der Waals surface area contributed by atoms with Gasteiger partial charge in [0.15, 0.2) is 0 Å². The molecule has 1 aromatic rings. The summed E-state index contributed by atoms with van der Waals surface area (Å²) in [5.41, 5.74) is 6.83. The van der Waals surface area contributed by atoms with E-state index >= 15 is 0 Å². The predicted octanol–water partition coefficient (Wildman–Crippen LogP) is -0.0551. The third-order valence-corrected chi connectivity index (χ3v) is 2.11. The molecule has 0 fully saturated rings. The van der Waals surface area contributed by atoms with E-state index in [9.17, 15) is 0 Å². The lowest BCUT2D eigenvalue weighted by Gasteiger charge is -1.93. The monoisotopic (exact) mass is 181 g/mol. The molecule has 0 amide bonds. The van der Waals surface area contributed by atoms with E-state index in [1.165, 1.54) is 17.3 Å². The van der Waals surface area contributed by atoms with Crippen LogP contribution < -0.4 is 10.7 Å². The highest BCUT2D eigenvalue weighted by Gasteiger charge is 1.94. The molecule has 0 atom stereocenters. The first-order chi connectivity index (χ1) is 5.83. The molecule has 1 aromatic carbocycles. The second kappa shape index (κ2) is 4.83. The summed E-state index contributed by atoms with van der Waals surface area (Å²) in [4.78, 5) is 3.11. The Balaban J connectivity index is 2.54. The number of amidine groups is 1. The van der Waals surface area contributed by atoms with E-state index in [1.807, 2.05) is 24.5 Å². The van der Waals surface area contributed by atoms with Crippen LogP contribution >= 0.6 is 11.8 Å². The number of nitrogens with two attached hydrogens (primary N) is 1. The lowest BCUT2D eigenvalue weighted by atomic mass is 10.2. The van der Waals surface area contributed by atoms with E-state index in [4.69, 9.17) is 5.73 Å². The zero-order chi connectivity index (χ0) is 8.81. The molecular formula is C9H13N2S+. The van der Waals surface area contributed by atoms with Crippen molar-refractivity contribution in [3.05, 3.63) is 35.9 Å². The summed E-state index contributed by atoms with van der Waals surface area (Å²) in [7, 11) is 0. The lowest BCUT2D eigenvalue weighted by molar-refractivity contribution is -0.473. The maximum Gasteiger partial charge on any atom is 0.301 e. The van der Waals surface area contributed by atoms with Gasteiger partial charge in [0.05, 0.1) is 0 Å². The van der Waals surface area contributed by atoms with Crippen LogP contribution in [0.3, 0.4) is 0 Å². The van der Waals surface area contributed by atoms with Crippen LogP contribution in [0.2, 0.25) is 0 Å². The van der Waals surface area contributed by atoms with Gasteiger partial charge in [0.1, 0.15) is 6.54 Å². The van der Waals surface area contributed by atoms with E-state index in [0.29, 0.717) is 0 Å². The molecule has 1 rings (SSSR count). The van der Waals surface area contributed by atoms with Crippen molar-refractivity contribution in [1.29, 1.82) is 0 Å². The topological polar surface area (TPSA) is 40.0 Å². The van der Waals surface area contributed by atoms with E-state index in [1.54, 1.807) is 0 Å². The first-order valence-electron chi connectivity index (χ1n) is 3.77. The fourth-order valence-corrected chi connectivity index (χ4v) is 1.07. The molecule has 0 bridgehead atoms. The van der Waals surface area contributed by atoms with Crippen LogP contribution in [0.1, 0.15) is 5.56 Å². The maximum atomic E-state index is 5.59. The fraction of sp³-hybridized carbons (Fsp3) is 0.222. The van der Waals surface area contributed by atoms with Crippen molar-refractivity contribution in [3.63, 3.8) is 0 Å². The Kier molecular flexibility index (Phi) is 3.67. The molecule has 3 N–H and O–H groups in total. The largest absolute Gasteiger partial charge is 0.301 e. The van der Waals surface area contributed by atoms with Gasteiger partial charge in [-0.25, -0.2) is 0 Å². The maximum absolute atomic E-state index is 5.59. The molecule has 12 heavy (non-hydrogen) atoms. The summed E-state index contributed by atoms with van der Waals surface area (Å²) in [6.45, 7) is 0.799. The molecule has 3 heteroatoms. The summed E-state index contributed by atoms with van der Waals surface area (Å²) < 4.78 is 0. The van der Waals surface area contributed by atoms with Gasteiger partial charge in [-0.2, -0.15) is 0 Å². The van der Waals surface area contributed by atoms with Crippen LogP contribution in [0.4, 0.5) is 0 Å². The average Bonchev–Trinajstić information content (AvgIpc) is 2.16. The van der Waals surface area contributed by atoms with Crippen LogP contribution in [0.25, 0.3) is 0 Å². The first-order valence-corrected chi connectivity index (χ1v) is 4.99. The van der Waals surface area contributed by atoms with Crippen molar-refractivity contribution in [2.75, 3.05) is 6.26 Å². The Bertz CT molecular complexity index is 256. The zero-order valence-electron chi connectivity index (χ0n) is 7.08. The molecule has 0 heterocycles. The van der Waals surface area contributed by atoms with Crippen molar-refractivity contribution in [2.45, 2.75) is 6.54 Å². The zero-order valence-corrected chi connectivity index (χ0v) is 7.90. The van der Waals surface area contributed by atoms with E-state index in [0.717, 1.165) is 11.7 Å². The quantitative estimate of drug-likeness (QED) is 0.496. The Labute approximate surface area is 76.9 Å². The van der Waals surface area contributed by atoms with Gasteiger partial charge >= 0.3 is 5.17 Å². The van der Waals surface area contributed by atoms with Gasteiger partial charge in [-0.1, -0.05) is 30.3 Å². The number of hydrogen-bond donors (Lipinski definition) is 2. The van der Waals surface area contributed by atoms with Gasteiger partial charge < -0.3 is 0 Å². The number of rotatable bonds is 2. The van der Waals surface area contributed by atoms with Crippen LogP contribution in [0.5, 0.6) is 0 Å². The Morgan fingerprint density at radius 1 is 1.42 bits per heavy atom. The second-order valence-corrected chi connectivity index (χ2v) is 3.26. The smallest absolute Gasteiger partial charge is 0.282 e. The molecule has 0 unspecified atom stereocenters. The standard InChI is InChI=1S/C9H12N2S/c1-12-9(10)11-7-8-5-3-2-4-6-8/h2-6H,7H2,1H3,(H2,10,11)/p+1. The number of thioether (sulfide) groups is 1. The Hall–Kier alpha value is -0.960. The van der Waals surface area contributed by atoms with Crippen molar-refractivity contribution in [3.8, 4) is 0 Å². The molecule has 0 saturated heterocycles. The SMILES string of the molecule is CSC(N)=[NH+]Cc1ccccc1. The van der Waals surface area contributed by atoms with Crippen molar-refractivity contribution < 1.29 is 4.99 Å². The minimum atomic E-state index is 0.763. The van der Waals surface area contributed by atoms with Gasteiger partial charge in [0.2, 0.25) is 0 Å². The number of benzene rings is 1. The van der Waals surface area contributed by atoms with E-state index in [-0.39, 0.29) is 0 Å². The molecule has 0 spiro atoms. The normalized spacial score (nSPS) is 11.6. The first kappa shape index (κ1) is 9.13. The van der Waals surface area contributed by atoms with Gasteiger partial charge in [0.25, 0.3) is 0 Å². The van der Waals surface area contributed by atoms with Crippen molar-refractivity contribution in [1.82, 2.24) is 0 Å². The molecule has 64 valence electrons. The van der Waals surface area contributed by atoms with Crippen LogP contribution in [0.15, 0.2) is 30.3 Å². The van der Waals surface area contributed by atoms with E-state index < -0.39 is 0 Å². The van der Waals surface area contributed by atoms with Crippen LogP contribution in [0, 0.1) is 0 Å². The number of nitrogens with one attached hydrogen (secondary N) is 1. The average molecular weight is 181 g/mol. The molecule has 0 aromatic heterocycles. The second-order valence-electron chi connectivity index (χ2n) is 2.41. The summed E-state index contributed by atoms with van der Waals surface area (Å²) in [6.07, 6.45) is 1.95. The molecule has 0 aliphatic heterocycles. The molecule has 2 nitrogen and oxygen atoms in total. The molecular weight excluding hydrogens is 168 g/mol. The van der Waals surface area contributed by atoms with Gasteiger partial charge in [0, 0.05) is 0 Å². The van der Waals surface area contributed by atoms with Crippen LogP contribution in [-0.4, -0.2) is 11.4 Å².